The van der Waals surface area contributed by atoms with E-state index in [2.05, 4.69) is 43.7 Å². The number of amides is 5. The molecule has 5 amide bonds. The summed E-state index contributed by atoms with van der Waals surface area (Å²) in [7, 11) is 0. The molecule has 1 aromatic carbocycles. The third kappa shape index (κ3) is 11.2. The van der Waals surface area contributed by atoms with E-state index < -0.39 is 83.6 Å². The molecule has 3 rings (SSSR count). The van der Waals surface area contributed by atoms with Gasteiger partial charge in [0.2, 0.25) is 23.6 Å². The van der Waals surface area contributed by atoms with Crippen molar-refractivity contribution in [1.82, 2.24) is 32.1 Å². The Morgan fingerprint density at radius 2 is 1.57 bits per heavy atom. The Hall–Kier alpha value is -3.63. The normalized spacial score (nSPS) is 28.3. The van der Waals surface area contributed by atoms with Crippen LogP contribution in [0.4, 0.5) is 0 Å². The summed E-state index contributed by atoms with van der Waals surface area (Å²) in [6, 6.07) is 2.80. The molecule has 270 valence electrons. The molecule has 2 bridgehead atoms. The molecule has 0 spiro atoms. The lowest BCUT2D eigenvalue weighted by Gasteiger charge is -2.34. The van der Waals surface area contributed by atoms with E-state index in [-0.39, 0.29) is 18.1 Å². The molecule has 0 radical (unpaired) electrons. The summed E-state index contributed by atoms with van der Waals surface area (Å²) in [6.07, 6.45) is 0.0776. The molecule has 7 N–H and O–H groups in total. The smallest absolute Gasteiger partial charge is 0.252 e. The molecule has 0 saturated carbocycles. The van der Waals surface area contributed by atoms with E-state index in [4.69, 9.17) is 4.74 Å². The maximum Gasteiger partial charge on any atom is 0.252 e. The van der Waals surface area contributed by atoms with Gasteiger partial charge in [-0.05, 0) is 46.1 Å². The van der Waals surface area contributed by atoms with Crippen LogP contribution in [0.5, 0.6) is 0 Å². The zero-order valence-electron chi connectivity index (χ0n) is 29.2. The van der Waals surface area contributed by atoms with Gasteiger partial charge in [0.1, 0.15) is 30.2 Å². The predicted octanol–water partition coefficient (Wildman–Crippen LogP) is 0.502. The van der Waals surface area contributed by atoms with Gasteiger partial charge in [-0.25, -0.2) is 10.9 Å². The van der Waals surface area contributed by atoms with Crippen LogP contribution >= 0.6 is 11.8 Å². The molecule has 0 aliphatic carbocycles. The molecular formula is C34H51N7O7S. The van der Waals surface area contributed by atoms with Crippen molar-refractivity contribution in [2.75, 3.05) is 5.75 Å². The van der Waals surface area contributed by atoms with Crippen molar-refractivity contribution in [3.63, 3.8) is 0 Å². The van der Waals surface area contributed by atoms with Gasteiger partial charge in [-0.2, -0.15) is 0 Å². The van der Waals surface area contributed by atoms with Crippen LogP contribution < -0.4 is 32.1 Å². The lowest BCUT2D eigenvalue weighted by Crippen LogP contribution is -2.64. The Morgan fingerprint density at radius 3 is 2.18 bits per heavy atom. The van der Waals surface area contributed by atoms with Gasteiger partial charge in [0.25, 0.3) is 5.91 Å². The number of nitrogens with one attached hydrogen (secondary N) is 6. The number of imide groups is 1. The molecule has 14 nitrogen and oxygen atoms in total. The van der Waals surface area contributed by atoms with Crippen molar-refractivity contribution in [2.45, 2.75) is 115 Å². The van der Waals surface area contributed by atoms with Crippen LogP contribution in [0.25, 0.3) is 0 Å². The number of rotatable bonds is 9. The van der Waals surface area contributed by atoms with E-state index >= 15 is 0 Å². The molecule has 2 aliphatic heterocycles. The molecule has 0 fully saturated rings. The van der Waals surface area contributed by atoms with Gasteiger partial charge in [0, 0.05) is 12.2 Å². The fraction of sp³-hybridized carbons (Fsp3) is 0.588. The second-order valence-electron chi connectivity index (χ2n) is 13.1. The lowest BCUT2D eigenvalue weighted by molar-refractivity contribution is -0.138. The van der Waals surface area contributed by atoms with Crippen molar-refractivity contribution in [3.05, 3.63) is 48.6 Å². The van der Waals surface area contributed by atoms with Crippen molar-refractivity contribution in [1.29, 1.82) is 0 Å². The number of hydrogen-bond donors (Lipinski definition) is 7. The first-order chi connectivity index (χ1) is 23.1. The van der Waals surface area contributed by atoms with E-state index in [1.54, 1.807) is 58.0 Å². The minimum absolute atomic E-state index is 0.0609. The number of aliphatic hydroxyl groups is 1. The summed E-state index contributed by atoms with van der Waals surface area (Å²) in [5.41, 5.74) is 5.80. The summed E-state index contributed by atoms with van der Waals surface area (Å²) in [5, 5.41) is 21.6. The van der Waals surface area contributed by atoms with Crippen LogP contribution in [0.15, 0.2) is 48.0 Å². The topological polar surface area (TPSA) is 199 Å². The van der Waals surface area contributed by atoms with Gasteiger partial charge >= 0.3 is 0 Å². The Balaban J connectivity index is 2.07. The Labute approximate surface area is 292 Å². The van der Waals surface area contributed by atoms with Crippen LogP contribution in [0, 0.1) is 5.92 Å². The van der Waals surface area contributed by atoms with Crippen LogP contribution in [0.1, 0.15) is 60.5 Å². The maximum atomic E-state index is 14.1. The molecular weight excluding hydrogens is 650 g/mol. The average Bonchev–Trinajstić information content (AvgIpc) is 3.55. The fourth-order valence-electron chi connectivity index (χ4n) is 5.26. The van der Waals surface area contributed by atoms with E-state index in [0.29, 0.717) is 11.5 Å². The maximum absolute atomic E-state index is 14.1. The summed E-state index contributed by atoms with van der Waals surface area (Å²) in [6.45, 7) is 15.8. The van der Waals surface area contributed by atoms with Crippen LogP contribution in [-0.4, -0.2) is 99.5 Å². The molecule has 2 aliphatic rings. The van der Waals surface area contributed by atoms with Gasteiger partial charge in [0.05, 0.1) is 28.9 Å². The number of thioether (sulfide) groups is 1. The fourth-order valence-corrected chi connectivity index (χ4v) is 6.33. The number of fused-ring (bicyclic) bond motifs is 1. The van der Waals surface area contributed by atoms with Gasteiger partial charge in [-0.3, -0.25) is 34.3 Å². The van der Waals surface area contributed by atoms with Gasteiger partial charge in [-0.15, -0.1) is 18.3 Å². The molecule has 2 heterocycles. The zero-order chi connectivity index (χ0) is 36.5. The van der Waals surface area contributed by atoms with Gasteiger partial charge in [-0.1, -0.05) is 56.7 Å². The highest BCUT2D eigenvalue weighted by Crippen LogP contribution is 2.21. The van der Waals surface area contributed by atoms with Gasteiger partial charge < -0.3 is 25.8 Å². The first-order valence-corrected chi connectivity index (χ1v) is 17.6. The number of hydrazine groups is 1. The summed E-state index contributed by atoms with van der Waals surface area (Å²) < 4.78 is 6.16. The number of ether oxygens (including phenoxy) is 1. The number of carbonyl (C=O) groups is 5. The Morgan fingerprint density at radius 1 is 0.939 bits per heavy atom. The molecule has 49 heavy (non-hydrogen) atoms. The first-order valence-electron chi connectivity index (χ1n) is 16.6. The third-order valence-corrected chi connectivity index (χ3v) is 9.79. The average molecular weight is 702 g/mol. The molecule has 1 unspecified atom stereocenters. The third-order valence-electron chi connectivity index (χ3n) is 8.55. The summed E-state index contributed by atoms with van der Waals surface area (Å²) in [4.78, 5) is 72.5. The van der Waals surface area contributed by atoms with E-state index in [9.17, 15) is 29.1 Å². The second-order valence-corrected chi connectivity index (χ2v) is 14.2. The standard InChI is InChI=1S/C34H51N7O7S/c1-9-18(3)25-30(45)39-29(44)24-17-49-33(37-24)19(4)35-31(46)26(20(5)42)38-28(43)23(16-22-14-12-11-13-15-22)36-32(47)27(41-40-25)21(6)48-34(7,8)10-2/h10-15,18-21,23-27,40-42H,2,9,16-17H2,1,3-8H3,(H,35,46)(H,36,47)(H,38,43)(H,39,44,45)/t18-,19-,20+,21+,23-,24?,25-,26-,27-/m0/s1. The second kappa shape index (κ2) is 17.9. The molecule has 15 heteroatoms. The van der Waals surface area contributed by atoms with Crippen molar-refractivity contribution in [2.24, 2.45) is 10.9 Å². The number of benzene rings is 1. The SMILES string of the molecule is C=CC(C)(C)O[C@H](C)[C@@H]1NN[C@@H]([C@@H](C)CC)C(=O)NC(=O)C2CSC(=N2)[C@H](C)NC(=O)[C@H]([C@@H](C)O)NC(=O)[C@H](Cc2ccccc2)NC1=O. The molecule has 0 saturated heterocycles. The summed E-state index contributed by atoms with van der Waals surface area (Å²) >= 11 is 1.27. The lowest BCUT2D eigenvalue weighted by atomic mass is 9.98. The van der Waals surface area contributed by atoms with Crippen LogP contribution in [0.2, 0.25) is 0 Å². The monoisotopic (exact) mass is 701 g/mol. The number of aliphatic hydroxyl groups excluding tert-OH is 1. The van der Waals surface area contributed by atoms with Gasteiger partial charge in [0.15, 0.2) is 0 Å². The largest absolute Gasteiger partial charge is 0.391 e. The number of aliphatic imine (C=N–C) groups is 1. The minimum Gasteiger partial charge on any atom is -0.391 e. The number of nitrogens with zero attached hydrogens (tertiary/aromatic N) is 1. The van der Waals surface area contributed by atoms with E-state index in [1.807, 2.05) is 19.9 Å². The molecule has 0 aromatic heterocycles. The van der Waals surface area contributed by atoms with Crippen LogP contribution in [0.3, 0.4) is 0 Å². The van der Waals surface area contributed by atoms with Crippen molar-refractivity contribution >= 4 is 46.3 Å². The molecule has 1 aromatic rings. The van der Waals surface area contributed by atoms with E-state index in [1.165, 1.54) is 18.7 Å². The quantitative estimate of drug-likeness (QED) is 0.141. The highest BCUT2D eigenvalue weighted by molar-refractivity contribution is 8.14. The highest BCUT2D eigenvalue weighted by atomic mass is 32.2. The van der Waals surface area contributed by atoms with E-state index in [0.717, 1.165) is 5.56 Å². The summed E-state index contributed by atoms with van der Waals surface area (Å²) in [5.74, 6) is -3.27. The van der Waals surface area contributed by atoms with Crippen molar-refractivity contribution < 1.29 is 33.8 Å². The van der Waals surface area contributed by atoms with Crippen molar-refractivity contribution in [3.8, 4) is 0 Å². The highest BCUT2D eigenvalue weighted by Gasteiger charge is 2.38. The Bertz CT molecular complexity index is 1390. The zero-order valence-corrected chi connectivity index (χ0v) is 30.1. The predicted molar refractivity (Wildman–Crippen MR) is 188 cm³/mol. The first kappa shape index (κ1) is 39.8. The number of hydrogen-bond acceptors (Lipinski definition) is 11. The Kier molecular flexibility index (Phi) is 14.5. The minimum atomic E-state index is -1.38. The van der Waals surface area contributed by atoms with Crippen LogP contribution in [-0.2, 0) is 35.1 Å². The number of carbonyl (C=O) groups excluding carboxylic acids is 5. The molecule has 9 atom stereocenters.